The summed E-state index contributed by atoms with van der Waals surface area (Å²) in [5.41, 5.74) is 0. The molecule has 4 rings (SSSR count). The van der Waals surface area contributed by atoms with E-state index in [1.54, 1.807) is 0 Å². The Bertz CT molecular complexity index is 406. The molecule has 4 nitrogen and oxygen atoms in total. The summed E-state index contributed by atoms with van der Waals surface area (Å²) in [5.74, 6) is 3.96. The van der Waals surface area contributed by atoms with Crippen LogP contribution in [-0.4, -0.2) is 41.8 Å². The number of urea groups is 1. The summed E-state index contributed by atoms with van der Waals surface area (Å²) >= 11 is 0. The maximum Gasteiger partial charge on any atom is 0.317 e. The van der Waals surface area contributed by atoms with Crippen LogP contribution in [0.1, 0.15) is 44.9 Å². The summed E-state index contributed by atoms with van der Waals surface area (Å²) in [5, 5.41) is 12.5. The smallest absolute Gasteiger partial charge is 0.317 e. The van der Waals surface area contributed by atoms with Gasteiger partial charge in [-0.15, -0.1) is 0 Å². The van der Waals surface area contributed by atoms with Crippen molar-refractivity contribution in [3.8, 4) is 0 Å². The molecule has 4 heteroatoms. The number of carbonyl (C=O) groups excluding carboxylic acids is 1. The number of nitrogens with zero attached hydrogens (tertiary/aromatic N) is 1. The maximum absolute atomic E-state index is 12.5. The van der Waals surface area contributed by atoms with Crippen molar-refractivity contribution < 1.29 is 9.90 Å². The Morgan fingerprint density at radius 3 is 2.57 bits per heavy atom. The van der Waals surface area contributed by atoms with Gasteiger partial charge in [-0.1, -0.05) is 6.42 Å². The van der Waals surface area contributed by atoms with Gasteiger partial charge in [0.15, 0.2) is 0 Å². The third kappa shape index (κ3) is 2.36. The first-order chi connectivity index (χ1) is 10.3. The standard InChI is InChI=1S/C17H28N2O2/c20-10-11-4-6-19(7-5-11)17(21)18-16-9-12-8-15(16)14-3-1-2-13(12)14/h11-16,20H,1-10H2,(H,18,21). The van der Waals surface area contributed by atoms with Crippen LogP contribution in [-0.2, 0) is 0 Å². The van der Waals surface area contributed by atoms with E-state index in [0.717, 1.165) is 49.6 Å². The largest absolute Gasteiger partial charge is 0.396 e. The first-order valence-electron chi connectivity index (χ1n) is 8.92. The number of fused-ring (bicyclic) bond motifs is 5. The second kappa shape index (κ2) is 5.45. The highest BCUT2D eigenvalue weighted by atomic mass is 16.3. The Hall–Kier alpha value is -0.770. The maximum atomic E-state index is 12.5. The second-order valence-electron chi connectivity index (χ2n) is 7.82. The normalized spacial score (nSPS) is 42.3. The lowest BCUT2D eigenvalue weighted by molar-refractivity contribution is 0.129. The molecule has 1 saturated heterocycles. The molecule has 0 aromatic carbocycles. The van der Waals surface area contributed by atoms with Crippen LogP contribution in [0.25, 0.3) is 0 Å². The van der Waals surface area contributed by atoms with Crippen molar-refractivity contribution in [3.63, 3.8) is 0 Å². The van der Waals surface area contributed by atoms with Gasteiger partial charge >= 0.3 is 6.03 Å². The summed E-state index contributed by atoms with van der Waals surface area (Å²) in [6, 6.07) is 0.593. The Balaban J connectivity index is 1.32. The molecule has 2 amide bonds. The van der Waals surface area contributed by atoms with Gasteiger partial charge in [0.1, 0.15) is 0 Å². The molecule has 4 fully saturated rings. The number of hydrogen-bond donors (Lipinski definition) is 2. The molecule has 3 saturated carbocycles. The Morgan fingerprint density at radius 2 is 1.81 bits per heavy atom. The average Bonchev–Trinajstić information content (AvgIpc) is 3.19. The zero-order chi connectivity index (χ0) is 14.4. The van der Waals surface area contributed by atoms with Crippen molar-refractivity contribution in [2.45, 2.75) is 51.0 Å². The van der Waals surface area contributed by atoms with Gasteiger partial charge < -0.3 is 15.3 Å². The fourth-order valence-corrected chi connectivity index (χ4v) is 5.80. The van der Waals surface area contributed by atoms with Gasteiger partial charge in [0.2, 0.25) is 0 Å². The van der Waals surface area contributed by atoms with E-state index >= 15 is 0 Å². The quantitative estimate of drug-likeness (QED) is 0.820. The van der Waals surface area contributed by atoms with Crippen molar-refractivity contribution in [2.24, 2.45) is 29.6 Å². The van der Waals surface area contributed by atoms with Gasteiger partial charge in [-0.3, -0.25) is 0 Å². The molecule has 0 aromatic rings. The number of hydrogen-bond acceptors (Lipinski definition) is 2. The average molecular weight is 292 g/mol. The number of likely N-dealkylation sites (tertiary alicyclic amines) is 1. The highest BCUT2D eigenvalue weighted by molar-refractivity contribution is 5.74. The van der Waals surface area contributed by atoms with Crippen molar-refractivity contribution in [1.29, 1.82) is 0 Å². The van der Waals surface area contributed by atoms with E-state index in [1.807, 2.05) is 4.90 Å². The van der Waals surface area contributed by atoms with Crippen LogP contribution in [0.3, 0.4) is 0 Å². The van der Waals surface area contributed by atoms with Gasteiger partial charge in [0.25, 0.3) is 0 Å². The van der Waals surface area contributed by atoms with E-state index in [4.69, 9.17) is 0 Å². The molecule has 5 atom stereocenters. The van der Waals surface area contributed by atoms with E-state index < -0.39 is 0 Å². The predicted molar refractivity (Wildman–Crippen MR) is 80.7 cm³/mol. The van der Waals surface area contributed by atoms with Crippen LogP contribution in [0.2, 0.25) is 0 Å². The monoisotopic (exact) mass is 292 g/mol. The zero-order valence-electron chi connectivity index (χ0n) is 12.8. The molecule has 2 bridgehead atoms. The fraction of sp³-hybridized carbons (Fsp3) is 0.941. The van der Waals surface area contributed by atoms with Crippen LogP contribution < -0.4 is 5.32 Å². The topological polar surface area (TPSA) is 52.6 Å². The number of nitrogens with one attached hydrogen (secondary N) is 1. The zero-order valence-corrected chi connectivity index (χ0v) is 12.8. The minimum atomic E-state index is 0.151. The van der Waals surface area contributed by atoms with E-state index in [1.165, 1.54) is 32.1 Å². The van der Waals surface area contributed by atoms with Gasteiger partial charge in [-0.25, -0.2) is 4.79 Å². The van der Waals surface area contributed by atoms with E-state index in [9.17, 15) is 9.90 Å². The lowest BCUT2D eigenvalue weighted by atomic mass is 9.79. The van der Waals surface area contributed by atoms with E-state index in [-0.39, 0.29) is 12.6 Å². The lowest BCUT2D eigenvalue weighted by Crippen LogP contribution is -2.50. The Morgan fingerprint density at radius 1 is 1.05 bits per heavy atom. The molecular weight excluding hydrogens is 264 g/mol. The van der Waals surface area contributed by atoms with Crippen molar-refractivity contribution in [2.75, 3.05) is 19.7 Å². The van der Waals surface area contributed by atoms with E-state index in [2.05, 4.69) is 5.32 Å². The minimum absolute atomic E-state index is 0.151. The molecule has 118 valence electrons. The van der Waals surface area contributed by atoms with Gasteiger partial charge in [0, 0.05) is 25.7 Å². The molecule has 21 heavy (non-hydrogen) atoms. The number of aliphatic hydroxyl groups is 1. The third-order valence-electron chi connectivity index (χ3n) is 6.90. The number of amides is 2. The van der Waals surface area contributed by atoms with Crippen LogP contribution in [0.15, 0.2) is 0 Å². The first kappa shape index (κ1) is 13.9. The third-order valence-corrected chi connectivity index (χ3v) is 6.90. The highest BCUT2D eigenvalue weighted by Crippen LogP contribution is 2.58. The summed E-state index contributed by atoms with van der Waals surface area (Å²) in [6.45, 7) is 1.89. The van der Waals surface area contributed by atoms with Gasteiger partial charge in [-0.05, 0) is 68.1 Å². The molecule has 1 aliphatic heterocycles. The van der Waals surface area contributed by atoms with Crippen LogP contribution >= 0.6 is 0 Å². The van der Waals surface area contributed by atoms with Crippen LogP contribution in [0, 0.1) is 29.6 Å². The Labute approximate surface area is 127 Å². The SMILES string of the molecule is O=C(NC1CC2CC1C1CCCC21)N1CCC(CO)CC1. The van der Waals surface area contributed by atoms with Crippen molar-refractivity contribution >= 4 is 6.03 Å². The number of aliphatic hydroxyl groups excluding tert-OH is 1. The summed E-state index contributed by atoms with van der Waals surface area (Å²) in [7, 11) is 0. The number of piperidine rings is 1. The number of carbonyl (C=O) groups is 1. The molecule has 0 aromatic heterocycles. The van der Waals surface area contributed by atoms with Crippen molar-refractivity contribution in [3.05, 3.63) is 0 Å². The molecular formula is C17H28N2O2. The van der Waals surface area contributed by atoms with E-state index in [0.29, 0.717) is 12.0 Å². The fourth-order valence-electron chi connectivity index (χ4n) is 5.80. The Kier molecular flexibility index (Phi) is 3.60. The second-order valence-corrected chi connectivity index (χ2v) is 7.82. The summed E-state index contributed by atoms with van der Waals surface area (Å²) in [6.07, 6.45) is 8.76. The molecule has 1 heterocycles. The minimum Gasteiger partial charge on any atom is -0.396 e. The molecule has 2 N–H and O–H groups in total. The highest BCUT2D eigenvalue weighted by Gasteiger charge is 2.54. The van der Waals surface area contributed by atoms with Gasteiger partial charge in [0.05, 0.1) is 0 Å². The molecule has 4 aliphatic rings. The van der Waals surface area contributed by atoms with Gasteiger partial charge in [-0.2, -0.15) is 0 Å². The molecule has 5 unspecified atom stereocenters. The molecule has 3 aliphatic carbocycles. The number of rotatable bonds is 2. The first-order valence-corrected chi connectivity index (χ1v) is 8.92. The predicted octanol–water partition coefficient (Wildman–Crippen LogP) is 2.23. The van der Waals surface area contributed by atoms with Crippen LogP contribution in [0.5, 0.6) is 0 Å². The van der Waals surface area contributed by atoms with Crippen molar-refractivity contribution in [1.82, 2.24) is 10.2 Å². The summed E-state index contributed by atoms with van der Waals surface area (Å²) < 4.78 is 0. The van der Waals surface area contributed by atoms with Crippen LogP contribution in [0.4, 0.5) is 4.79 Å². The summed E-state index contributed by atoms with van der Waals surface area (Å²) in [4.78, 5) is 14.4. The molecule has 0 spiro atoms. The molecule has 0 radical (unpaired) electrons. The lowest BCUT2D eigenvalue weighted by Gasteiger charge is -2.36.